The summed E-state index contributed by atoms with van der Waals surface area (Å²) in [6, 6.07) is 13.9. The minimum atomic E-state index is -0.941. The quantitative estimate of drug-likeness (QED) is 0.813. The molecular weight excluding hydrogens is 346 g/mol. The number of methoxy groups -OCH3 is 2. The van der Waals surface area contributed by atoms with Gasteiger partial charge in [-0.15, -0.1) is 0 Å². The van der Waals surface area contributed by atoms with Crippen LogP contribution < -0.4 is 9.47 Å². The molecule has 1 aliphatic rings. The Morgan fingerprint density at radius 2 is 1.74 bits per heavy atom. The van der Waals surface area contributed by atoms with Gasteiger partial charge in [0.2, 0.25) is 0 Å². The van der Waals surface area contributed by atoms with E-state index in [2.05, 4.69) is 0 Å². The van der Waals surface area contributed by atoms with E-state index in [0.717, 1.165) is 5.56 Å². The maximum absolute atomic E-state index is 12.1. The number of aliphatic hydroxyl groups is 1. The minimum Gasteiger partial charge on any atom is -0.497 e. The van der Waals surface area contributed by atoms with Crippen molar-refractivity contribution in [3.05, 3.63) is 59.7 Å². The van der Waals surface area contributed by atoms with E-state index >= 15 is 0 Å². The number of nitrogens with zero attached hydrogens (tertiary/aromatic N) is 1. The van der Waals surface area contributed by atoms with Crippen LogP contribution >= 0.6 is 0 Å². The summed E-state index contributed by atoms with van der Waals surface area (Å²) in [6.45, 7) is 0.940. The third kappa shape index (κ3) is 3.91. The van der Waals surface area contributed by atoms with Gasteiger partial charge in [-0.3, -0.25) is 9.69 Å². The standard InChI is InChI=1S/C21H25NO5/c1-26-16-8-9-17(18(14-16)27-2)19(20(23)24)22-12-10-21(25,11-13-22)15-6-4-3-5-7-15/h3-9,14,19,25H,10-13H2,1-2H3,(H,23,24)/t19-/m1/s1. The SMILES string of the molecule is COc1ccc([C@H](C(=O)O)N2CCC(O)(c3ccccc3)CC2)c(OC)c1. The summed E-state index contributed by atoms with van der Waals surface area (Å²) in [5.41, 5.74) is 0.527. The molecule has 1 fully saturated rings. The Morgan fingerprint density at radius 1 is 1.07 bits per heavy atom. The van der Waals surface area contributed by atoms with Gasteiger partial charge in [0.1, 0.15) is 17.5 Å². The Kier molecular flexibility index (Phi) is 5.68. The van der Waals surface area contributed by atoms with Crippen LogP contribution in [0.5, 0.6) is 11.5 Å². The molecule has 6 heteroatoms. The number of aliphatic carboxylic acids is 1. The number of piperidine rings is 1. The van der Waals surface area contributed by atoms with Gasteiger partial charge >= 0.3 is 5.97 Å². The number of benzene rings is 2. The molecule has 1 saturated heterocycles. The lowest BCUT2D eigenvalue weighted by Gasteiger charge is -2.41. The van der Waals surface area contributed by atoms with Crippen LogP contribution in [-0.2, 0) is 10.4 Å². The molecule has 1 heterocycles. The first-order valence-corrected chi connectivity index (χ1v) is 8.95. The number of likely N-dealkylation sites (tertiary alicyclic amines) is 1. The van der Waals surface area contributed by atoms with Crippen LogP contribution in [0.2, 0.25) is 0 Å². The first-order chi connectivity index (χ1) is 13.0. The molecule has 144 valence electrons. The van der Waals surface area contributed by atoms with Gasteiger partial charge in [-0.1, -0.05) is 30.3 Å². The van der Waals surface area contributed by atoms with Crippen LogP contribution in [0.3, 0.4) is 0 Å². The van der Waals surface area contributed by atoms with E-state index in [1.807, 2.05) is 35.2 Å². The third-order valence-corrected chi connectivity index (χ3v) is 5.27. The zero-order valence-electron chi connectivity index (χ0n) is 15.6. The molecule has 6 nitrogen and oxygen atoms in total. The molecular formula is C21H25NO5. The maximum Gasteiger partial charge on any atom is 0.325 e. The van der Waals surface area contributed by atoms with Crippen molar-refractivity contribution in [1.29, 1.82) is 0 Å². The van der Waals surface area contributed by atoms with Crippen molar-refractivity contribution in [3.8, 4) is 11.5 Å². The maximum atomic E-state index is 12.1. The topological polar surface area (TPSA) is 79.2 Å². The Hall–Kier alpha value is -2.57. The van der Waals surface area contributed by atoms with Crippen LogP contribution in [-0.4, -0.2) is 48.4 Å². The van der Waals surface area contributed by atoms with Gasteiger partial charge in [-0.25, -0.2) is 0 Å². The molecule has 0 bridgehead atoms. The van der Waals surface area contributed by atoms with Crippen LogP contribution in [0, 0.1) is 0 Å². The number of carboxylic acids is 1. The van der Waals surface area contributed by atoms with Crippen LogP contribution in [0.15, 0.2) is 48.5 Å². The van der Waals surface area contributed by atoms with Gasteiger partial charge < -0.3 is 19.7 Å². The predicted octanol–water partition coefficient (Wildman–Crippen LogP) is 2.81. The molecule has 0 unspecified atom stereocenters. The summed E-state index contributed by atoms with van der Waals surface area (Å²) in [5, 5.41) is 20.9. The molecule has 1 atom stereocenters. The number of hydrogen-bond donors (Lipinski definition) is 2. The summed E-state index contributed by atoms with van der Waals surface area (Å²) >= 11 is 0. The zero-order valence-corrected chi connectivity index (χ0v) is 15.6. The molecule has 1 aliphatic heterocycles. The average molecular weight is 371 g/mol. The van der Waals surface area contributed by atoms with Crippen molar-refractivity contribution in [2.24, 2.45) is 0 Å². The van der Waals surface area contributed by atoms with Gasteiger partial charge in [0.05, 0.1) is 19.8 Å². The van der Waals surface area contributed by atoms with Gasteiger partial charge in [0.25, 0.3) is 0 Å². The molecule has 27 heavy (non-hydrogen) atoms. The first-order valence-electron chi connectivity index (χ1n) is 8.95. The Morgan fingerprint density at radius 3 is 2.30 bits per heavy atom. The van der Waals surface area contributed by atoms with Crippen molar-refractivity contribution in [2.75, 3.05) is 27.3 Å². The molecule has 0 spiro atoms. The highest BCUT2D eigenvalue weighted by molar-refractivity contribution is 5.77. The Bertz CT molecular complexity index is 784. The smallest absolute Gasteiger partial charge is 0.325 e. The van der Waals surface area contributed by atoms with E-state index in [1.165, 1.54) is 7.11 Å². The number of ether oxygens (including phenoxy) is 2. The van der Waals surface area contributed by atoms with Gasteiger partial charge in [-0.05, 0) is 30.5 Å². The first kappa shape index (κ1) is 19.2. The Labute approximate surface area is 159 Å². The van der Waals surface area contributed by atoms with E-state index < -0.39 is 17.6 Å². The number of carboxylic acid groups (broad SMARTS) is 1. The fraction of sp³-hybridized carbons (Fsp3) is 0.381. The van der Waals surface area contributed by atoms with E-state index in [-0.39, 0.29) is 0 Å². The molecule has 0 aromatic heterocycles. The van der Waals surface area contributed by atoms with Crippen LogP contribution in [0.25, 0.3) is 0 Å². The highest BCUT2D eigenvalue weighted by Gasteiger charge is 2.39. The van der Waals surface area contributed by atoms with E-state index in [1.54, 1.807) is 25.3 Å². The number of rotatable bonds is 6. The highest BCUT2D eigenvalue weighted by atomic mass is 16.5. The zero-order chi connectivity index (χ0) is 19.4. The predicted molar refractivity (Wildman–Crippen MR) is 101 cm³/mol. The summed E-state index contributed by atoms with van der Waals surface area (Å²) in [6.07, 6.45) is 0.943. The number of hydrogen-bond acceptors (Lipinski definition) is 5. The molecule has 2 aromatic rings. The van der Waals surface area contributed by atoms with Crippen molar-refractivity contribution in [2.45, 2.75) is 24.5 Å². The largest absolute Gasteiger partial charge is 0.497 e. The van der Waals surface area contributed by atoms with Crippen molar-refractivity contribution < 1.29 is 24.5 Å². The molecule has 0 amide bonds. The number of carbonyl (C=O) groups is 1. The van der Waals surface area contributed by atoms with E-state index in [0.29, 0.717) is 43.0 Å². The van der Waals surface area contributed by atoms with Gasteiger partial charge in [-0.2, -0.15) is 0 Å². The fourth-order valence-electron chi connectivity index (χ4n) is 3.72. The summed E-state index contributed by atoms with van der Waals surface area (Å²) in [7, 11) is 3.07. The monoisotopic (exact) mass is 371 g/mol. The van der Waals surface area contributed by atoms with Crippen LogP contribution in [0.1, 0.15) is 30.0 Å². The van der Waals surface area contributed by atoms with Crippen molar-refractivity contribution >= 4 is 5.97 Å². The lowest BCUT2D eigenvalue weighted by Crippen LogP contribution is -2.46. The molecule has 0 aliphatic carbocycles. The molecule has 2 aromatic carbocycles. The second-order valence-corrected chi connectivity index (χ2v) is 6.78. The average Bonchev–Trinajstić information content (AvgIpc) is 2.70. The summed E-state index contributed by atoms with van der Waals surface area (Å²) < 4.78 is 10.6. The lowest BCUT2D eigenvalue weighted by atomic mass is 9.83. The molecule has 2 N–H and O–H groups in total. The fourth-order valence-corrected chi connectivity index (χ4v) is 3.72. The van der Waals surface area contributed by atoms with Crippen LogP contribution in [0.4, 0.5) is 0 Å². The summed E-state index contributed by atoms with van der Waals surface area (Å²) in [5.74, 6) is 0.145. The molecule has 0 radical (unpaired) electrons. The second-order valence-electron chi connectivity index (χ2n) is 6.78. The molecule has 0 saturated carbocycles. The second kappa shape index (κ2) is 7.98. The van der Waals surface area contributed by atoms with Crippen molar-refractivity contribution in [1.82, 2.24) is 4.90 Å². The van der Waals surface area contributed by atoms with Gasteiger partial charge in [0.15, 0.2) is 0 Å². The van der Waals surface area contributed by atoms with E-state index in [9.17, 15) is 15.0 Å². The lowest BCUT2D eigenvalue weighted by molar-refractivity contribution is -0.146. The van der Waals surface area contributed by atoms with Gasteiger partial charge in [0, 0.05) is 24.7 Å². The third-order valence-electron chi connectivity index (χ3n) is 5.27. The highest BCUT2D eigenvalue weighted by Crippen LogP contribution is 2.38. The Balaban J connectivity index is 1.83. The minimum absolute atomic E-state index is 0.470. The van der Waals surface area contributed by atoms with Crippen molar-refractivity contribution in [3.63, 3.8) is 0 Å². The summed E-state index contributed by atoms with van der Waals surface area (Å²) in [4.78, 5) is 13.9. The van der Waals surface area contributed by atoms with E-state index in [4.69, 9.17) is 9.47 Å². The molecule has 3 rings (SSSR count). The normalized spacial score (nSPS) is 17.9.